The van der Waals surface area contributed by atoms with Gasteiger partial charge in [-0.05, 0) is 24.6 Å². The summed E-state index contributed by atoms with van der Waals surface area (Å²) in [5.41, 5.74) is 0.718. The van der Waals surface area contributed by atoms with E-state index in [9.17, 15) is 4.79 Å². The molecule has 0 bridgehead atoms. The van der Waals surface area contributed by atoms with E-state index in [1.54, 1.807) is 19.1 Å². The second-order valence-electron chi connectivity index (χ2n) is 2.50. The number of aliphatic hydroxyl groups excluding tert-OH is 1. The predicted octanol–water partition coefficient (Wildman–Crippen LogP) is 1.54. The number of pyridine rings is 1. The van der Waals surface area contributed by atoms with E-state index in [-0.39, 0.29) is 12.2 Å². The Labute approximate surface area is 81.9 Å². The predicted molar refractivity (Wildman–Crippen MR) is 51.5 cm³/mol. The first-order chi connectivity index (χ1) is 6.79. The molecule has 1 aromatic heterocycles. The van der Waals surface area contributed by atoms with Gasteiger partial charge in [-0.2, -0.15) is 0 Å². The summed E-state index contributed by atoms with van der Waals surface area (Å²) in [5.74, 6) is -0.541. The normalized spacial score (nSPS) is 11.1. The summed E-state index contributed by atoms with van der Waals surface area (Å²) in [6, 6.07) is 3.25. The lowest BCUT2D eigenvalue weighted by molar-refractivity contribution is -0.136. The second kappa shape index (κ2) is 5.01. The van der Waals surface area contributed by atoms with Gasteiger partial charge < -0.3 is 9.84 Å². The molecule has 0 saturated carbocycles. The molecule has 0 aliphatic rings. The van der Waals surface area contributed by atoms with Crippen molar-refractivity contribution in [1.29, 1.82) is 0 Å². The molecule has 0 radical (unpaired) electrons. The molecule has 1 aromatic rings. The van der Waals surface area contributed by atoms with Gasteiger partial charge in [-0.3, -0.25) is 4.98 Å². The van der Waals surface area contributed by atoms with E-state index in [1.807, 2.05) is 0 Å². The van der Waals surface area contributed by atoms with Crippen molar-refractivity contribution in [3.63, 3.8) is 0 Å². The van der Waals surface area contributed by atoms with E-state index in [4.69, 9.17) is 9.84 Å². The van der Waals surface area contributed by atoms with Crippen LogP contribution in [0, 0.1) is 0 Å². The molecule has 0 aliphatic carbocycles. The van der Waals surface area contributed by atoms with E-state index >= 15 is 0 Å². The maximum absolute atomic E-state index is 11.3. The summed E-state index contributed by atoms with van der Waals surface area (Å²) in [6.07, 6.45) is 3.82. The van der Waals surface area contributed by atoms with Crippen molar-refractivity contribution >= 4 is 11.5 Å². The standard InChI is InChI=1S/C10H11NO3/c1-2-14-10(13)9(7-12)8-3-5-11-6-4-8/h3-7,12H,2H2,1H3/b9-7-. The fourth-order valence-corrected chi connectivity index (χ4v) is 0.985. The quantitative estimate of drug-likeness (QED) is 0.449. The molecular weight excluding hydrogens is 182 g/mol. The first-order valence-corrected chi connectivity index (χ1v) is 4.21. The SMILES string of the molecule is CCOC(=O)/C(=C\O)c1ccncc1. The van der Waals surface area contributed by atoms with Gasteiger partial charge in [-0.15, -0.1) is 0 Å². The highest BCUT2D eigenvalue weighted by Crippen LogP contribution is 2.13. The Bertz CT molecular complexity index is 332. The van der Waals surface area contributed by atoms with Crippen LogP contribution in [0.15, 0.2) is 30.8 Å². The lowest BCUT2D eigenvalue weighted by atomic mass is 10.1. The number of aliphatic hydroxyl groups is 1. The zero-order valence-corrected chi connectivity index (χ0v) is 7.80. The molecule has 1 heterocycles. The smallest absolute Gasteiger partial charge is 0.341 e. The van der Waals surface area contributed by atoms with E-state index in [1.165, 1.54) is 12.4 Å². The van der Waals surface area contributed by atoms with Crippen LogP contribution in [0.1, 0.15) is 12.5 Å². The molecule has 0 amide bonds. The molecule has 0 spiro atoms. The van der Waals surface area contributed by atoms with E-state index in [0.29, 0.717) is 5.56 Å². The van der Waals surface area contributed by atoms with E-state index < -0.39 is 5.97 Å². The number of rotatable bonds is 3. The van der Waals surface area contributed by atoms with Crippen LogP contribution in [-0.4, -0.2) is 22.7 Å². The van der Waals surface area contributed by atoms with Gasteiger partial charge in [0.1, 0.15) is 5.57 Å². The molecule has 1 N–H and O–H groups in total. The lowest BCUT2D eigenvalue weighted by Crippen LogP contribution is -2.06. The molecular formula is C10H11NO3. The summed E-state index contributed by atoms with van der Waals surface area (Å²) in [4.78, 5) is 15.1. The number of nitrogens with zero attached hydrogens (tertiary/aromatic N) is 1. The Balaban J connectivity index is 2.89. The van der Waals surface area contributed by atoms with Crippen molar-refractivity contribution in [2.75, 3.05) is 6.61 Å². The van der Waals surface area contributed by atoms with Crippen LogP contribution in [0.4, 0.5) is 0 Å². The molecule has 4 heteroatoms. The molecule has 0 atom stereocenters. The number of carbonyl (C=O) groups excluding carboxylic acids is 1. The summed E-state index contributed by atoms with van der Waals surface area (Å²) >= 11 is 0. The van der Waals surface area contributed by atoms with Crippen molar-refractivity contribution < 1.29 is 14.6 Å². The van der Waals surface area contributed by atoms with Gasteiger partial charge in [0, 0.05) is 12.4 Å². The number of esters is 1. The molecule has 0 fully saturated rings. The average Bonchev–Trinajstić information content (AvgIpc) is 2.21. The van der Waals surface area contributed by atoms with Crippen molar-refractivity contribution in [3.8, 4) is 0 Å². The van der Waals surface area contributed by atoms with Crippen LogP contribution in [-0.2, 0) is 9.53 Å². The Morgan fingerprint density at radius 1 is 1.57 bits per heavy atom. The Morgan fingerprint density at radius 3 is 2.71 bits per heavy atom. The number of aromatic nitrogens is 1. The number of ether oxygens (including phenoxy) is 1. The fourth-order valence-electron chi connectivity index (χ4n) is 0.985. The molecule has 0 aliphatic heterocycles. The first-order valence-electron chi connectivity index (χ1n) is 4.21. The van der Waals surface area contributed by atoms with E-state index in [2.05, 4.69) is 4.98 Å². The highest BCUT2D eigenvalue weighted by atomic mass is 16.5. The van der Waals surface area contributed by atoms with Crippen LogP contribution >= 0.6 is 0 Å². The third-order valence-electron chi connectivity index (χ3n) is 1.62. The first kappa shape index (κ1) is 10.2. The van der Waals surface area contributed by atoms with E-state index in [0.717, 1.165) is 6.26 Å². The van der Waals surface area contributed by atoms with Crippen LogP contribution in [0.25, 0.3) is 5.57 Å². The van der Waals surface area contributed by atoms with Crippen molar-refractivity contribution in [1.82, 2.24) is 4.98 Å². The zero-order chi connectivity index (χ0) is 10.4. The summed E-state index contributed by atoms with van der Waals surface area (Å²) in [5, 5.41) is 8.89. The second-order valence-corrected chi connectivity index (χ2v) is 2.50. The molecule has 14 heavy (non-hydrogen) atoms. The monoisotopic (exact) mass is 193 g/mol. The highest BCUT2D eigenvalue weighted by molar-refractivity contribution is 6.16. The average molecular weight is 193 g/mol. The third-order valence-corrected chi connectivity index (χ3v) is 1.62. The maximum Gasteiger partial charge on any atom is 0.341 e. The number of hydrogen-bond donors (Lipinski definition) is 1. The summed E-state index contributed by atoms with van der Waals surface area (Å²) in [7, 11) is 0. The Morgan fingerprint density at radius 2 is 2.21 bits per heavy atom. The topological polar surface area (TPSA) is 59.4 Å². The van der Waals surface area contributed by atoms with Crippen LogP contribution in [0.2, 0.25) is 0 Å². The largest absolute Gasteiger partial charge is 0.515 e. The van der Waals surface area contributed by atoms with Gasteiger partial charge in [-0.1, -0.05) is 0 Å². The Hall–Kier alpha value is -1.84. The molecule has 0 unspecified atom stereocenters. The lowest BCUT2D eigenvalue weighted by Gasteiger charge is -2.04. The number of carbonyl (C=O) groups is 1. The minimum Gasteiger partial charge on any atom is -0.515 e. The van der Waals surface area contributed by atoms with Crippen LogP contribution in [0.3, 0.4) is 0 Å². The molecule has 0 saturated heterocycles. The van der Waals surface area contributed by atoms with Gasteiger partial charge in [0.05, 0.1) is 12.9 Å². The maximum atomic E-state index is 11.3. The number of hydrogen-bond acceptors (Lipinski definition) is 4. The molecule has 0 aromatic carbocycles. The van der Waals surface area contributed by atoms with Crippen molar-refractivity contribution in [3.05, 3.63) is 36.4 Å². The molecule has 74 valence electrons. The third kappa shape index (κ3) is 2.32. The van der Waals surface area contributed by atoms with Gasteiger partial charge in [0.2, 0.25) is 0 Å². The van der Waals surface area contributed by atoms with Gasteiger partial charge in [0.25, 0.3) is 0 Å². The van der Waals surface area contributed by atoms with Crippen molar-refractivity contribution in [2.45, 2.75) is 6.92 Å². The van der Waals surface area contributed by atoms with Gasteiger partial charge in [-0.25, -0.2) is 4.79 Å². The van der Waals surface area contributed by atoms with Crippen LogP contribution in [0.5, 0.6) is 0 Å². The Kier molecular flexibility index (Phi) is 3.67. The molecule has 4 nitrogen and oxygen atoms in total. The minimum absolute atomic E-state index is 0.134. The van der Waals surface area contributed by atoms with Crippen molar-refractivity contribution in [2.24, 2.45) is 0 Å². The fraction of sp³-hybridized carbons (Fsp3) is 0.200. The zero-order valence-electron chi connectivity index (χ0n) is 7.80. The minimum atomic E-state index is -0.541. The van der Waals surface area contributed by atoms with Gasteiger partial charge in [0.15, 0.2) is 0 Å². The van der Waals surface area contributed by atoms with Gasteiger partial charge >= 0.3 is 5.97 Å². The summed E-state index contributed by atoms with van der Waals surface area (Å²) < 4.78 is 4.76. The summed E-state index contributed by atoms with van der Waals surface area (Å²) in [6.45, 7) is 1.99. The highest BCUT2D eigenvalue weighted by Gasteiger charge is 2.12. The molecule has 1 rings (SSSR count). The van der Waals surface area contributed by atoms with Crippen LogP contribution < -0.4 is 0 Å².